The van der Waals surface area contributed by atoms with E-state index in [0.717, 1.165) is 31.5 Å². The predicted molar refractivity (Wildman–Crippen MR) is 81.7 cm³/mol. The van der Waals surface area contributed by atoms with Gasteiger partial charge in [0.2, 0.25) is 5.89 Å². The summed E-state index contributed by atoms with van der Waals surface area (Å²) in [6.07, 6.45) is 5.02. The van der Waals surface area contributed by atoms with E-state index in [1.807, 2.05) is 0 Å². The van der Waals surface area contributed by atoms with Crippen LogP contribution in [0.4, 0.5) is 0 Å². The lowest BCUT2D eigenvalue weighted by molar-refractivity contribution is 0.0335. The highest BCUT2D eigenvalue weighted by atomic mass is 16.5. The van der Waals surface area contributed by atoms with Crippen molar-refractivity contribution >= 4 is 0 Å². The second-order valence-electron chi connectivity index (χ2n) is 7.50. The fourth-order valence-electron chi connectivity index (χ4n) is 4.00. The number of aromatic nitrogens is 2. The zero-order chi connectivity index (χ0) is 15.5. The van der Waals surface area contributed by atoms with E-state index < -0.39 is 0 Å². The molecule has 2 atom stereocenters. The molecule has 5 heteroatoms. The van der Waals surface area contributed by atoms with E-state index in [4.69, 9.17) is 4.52 Å². The van der Waals surface area contributed by atoms with Crippen molar-refractivity contribution in [3.63, 3.8) is 0 Å². The highest BCUT2D eigenvalue weighted by Crippen LogP contribution is 2.43. The number of hydrogen-bond acceptors (Lipinski definition) is 5. The Hall–Kier alpha value is -0.940. The van der Waals surface area contributed by atoms with Crippen LogP contribution in [0, 0.1) is 11.3 Å². The summed E-state index contributed by atoms with van der Waals surface area (Å²) in [5.74, 6) is 1.98. The van der Waals surface area contributed by atoms with Crippen LogP contribution in [0.2, 0.25) is 0 Å². The van der Waals surface area contributed by atoms with Gasteiger partial charge in [-0.05, 0) is 37.0 Å². The predicted octanol–water partition coefficient (Wildman–Crippen LogP) is 2.69. The van der Waals surface area contributed by atoms with E-state index in [1.165, 1.54) is 6.42 Å². The number of hydrogen-bond donors (Lipinski definition) is 2. The maximum atomic E-state index is 9.93. The van der Waals surface area contributed by atoms with Crippen molar-refractivity contribution in [1.29, 1.82) is 0 Å². The molecule has 0 spiro atoms. The average molecular weight is 295 g/mol. The molecule has 0 bridgehead atoms. The molecule has 1 aliphatic rings. The number of aliphatic hydroxyl groups excluding tert-OH is 1. The lowest BCUT2D eigenvalue weighted by atomic mass is 9.64. The van der Waals surface area contributed by atoms with Gasteiger partial charge in [-0.25, -0.2) is 0 Å². The number of aryl methyl sites for hydroxylation is 1. The molecule has 0 aromatic carbocycles. The van der Waals surface area contributed by atoms with Gasteiger partial charge in [-0.2, -0.15) is 4.98 Å². The Kier molecular flexibility index (Phi) is 5.04. The van der Waals surface area contributed by atoms with Gasteiger partial charge in [0.25, 0.3) is 0 Å². The molecule has 0 aliphatic heterocycles. The highest BCUT2D eigenvalue weighted by molar-refractivity contribution is 4.99. The Labute approximate surface area is 127 Å². The Morgan fingerprint density at radius 3 is 2.76 bits per heavy atom. The first kappa shape index (κ1) is 16.4. The zero-order valence-electron chi connectivity index (χ0n) is 13.8. The maximum Gasteiger partial charge on any atom is 0.240 e. The Morgan fingerprint density at radius 1 is 1.38 bits per heavy atom. The Bertz CT molecular complexity index is 458. The summed E-state index contributed by atoms with van der Waals surface area (Å²) in [5.41, 5.74) is 0.0101. The van der Waals surface area contributed by atoms with Crippen molar-refractivity contribution < 1.29 is 9.63 Å². The van der Waals surface area contributed by atoms with Crippen molar-refractivity contribution in [2.24, 2.45) is 11.3 Å². The molecule has 5 nitrogen and oxygen atoms in total. The van der Waals surface area contributed by atoms with Crippen molar-refractivity contribution in [3.8, 4) is 0 Å². The minimum Gasteiger partial charge on any atom is -0.394 e. The van der Waals surface area contributed by atoms with Crippen LogP contribution in [-0.4, -0.2) is 27.4 Å². The van der Waals surface area contributed by atoms with Gasteiger partial charge >= 0.3 is 0 Å². The van der Waals surface area contributed by atoms with Gasteiger partial charge in [0.1, 0.15) is 0 Å². The van der Waals surface area contributed by atoms with E-state index in [-0.39, 0.29) is 17.6 Å². The number of nitrogens with zero attached hydrogens (tertiary/aromatic N) is 2. The molecule has 1 saturated carbocycles. The molecule has 0 amide bonds. The summed E-state index contributed by atoms with van der Waals surface area (Å²) in [6, 6.07) is 0. The van der Waals surface area contributed by atoms with Gasteiger partial charge in [0.05, 0.1) is 13.2 Å². The first-order valence-electron chi connectivity index (χ1n) is 8.05. The van der Waals surface area contributed by atoms with Crippen molar-refractivity contribution in [2.45, 2.75) is 71.9 Å². The van der Waals surface area contributed by atoms with E-state index in [2.05, 4.69) is 43.2 Å². The first-order chi connectivity index (χ1) is 9.88. The van der Waals surface area contributed by atoms with Crippen LogP contribution in [-0.2, 0) is 13.0 Å². The van der Waals surface area contributed by atoms with Gasteiger partial charge < -0.3 is 14.9 Å². The number of rotatable bonds is 6. The van der Waals surface area contributed by atoms with Crippen LogP contribution in [0.15, 0.2) is 4.52 Å². The normalized spacial score (nSPS) is 28.7. The fraction of sp³-hybridized carbons (Fsp3) is 0.875. The Morgan fingerprint density at radius 2 is 2.14 bits per heavy atom. The standard InChI is InChI=1S/C16H29N3O2/c1-5-6-13-18-14(21-19-13)9-17-16(11-20)8-12(2)7-15(3,4)10-16/h12,17,20H,5-11H2,1-4H3. The highest BCUT2D eigenvalue weighted by Gasteiger charge is 2.42. The number of aliphatic hydroxyl groups is 1. The monoisotopic (exact) mass is 295 g/mol. The molecule has 2 N–H and O–H groups in total. The summed E-state index contributed by atoms with van der Waals surface area (Å²) >= 11 is 0. The molecule has 21 heavy (non-hydrogen) atoms. The molecule has 0 saturated heterocycles. The van der Waals surface area contributed by atoms with E-state index in [1.54, 1.807) is 0 Å². The number of nitrogens with one attached hydrogen (secondary N) is 1. The zero-order valence-corrected chi connectivity index (χ0v) is 13.8. The summed E-state index contributed by atoms with van der Waals surface area (Å²) in [4.78, 5) is 4.38. The van der Waals surface area contributed by atoms with Crippen molar-refractivity contribution in [2.75, 3.05) is 6.61 Å². The molecule has 1 fully saturated rings. The van der Waals surface area contributed by atoms with Gasteiger partial charge in [-0.1, -0.05) is 32.9 Å². The smallest absolute Gasteiger partial charge is 0.240 e. The van der Waals surface area contributed by atoms with Gasteiger partial charge in [-0.3, -0.25) is 0 Å². The molecule has 2 unspecified atom stereocenters. The van der Waals surface area contributed by atoms with Crippen LogP contribution in [0.3, 0.4) is 0 Å². The molecule has 0 radical (unpaired) electrons. The van der Waals surface area contributed by atoms with E-state index in [0.29, 0.717) is 18.4 Å². The second kappa shape index (κ2) is 6.44. The first-order valence-corrected chi connectivity index (χ1v) is 8.05. The van der Waals surface area contributed by atoms with Gasteiger partial charge in [-0.15, -0.1) is 0 Å². The lowest BCUT2D eigenvalue weighted by Crippen LogP contribution is -2.54. The average Bonchev–Trinajstić information content (AvgIpc) is 2.82. The molecule has 1 aromatic heterocycles. The summed E-state index contributed by atoms with van der Waals surface area (Å²) < 4.78 is 5.27. The summed E-state index contributed by atoms with van der Waals surface area (Å²) in [6.45, 7) is 9.60. The topological polar surface area (TPSA) is 71.2 Å². The summed E-state index contributed by atoms with van der Waals surface area (Å²) in [5, 5.41) is 17.4. The molecule has 1 aromatic rings. The molecule has 120 valence electrons. The largest absolute Gasteiger partial charge is 0.394 e. The van der Waals surface area contributed by atoms with Crippen LogP contribution in [0.25, 0.3) is 0 Å². The fourth-order valence-corrected chi connectivity index (χ4v) is 4.00. The quantitative estimate of drug-likeness (QED) is 0.844. The SMILES string of the molecule is CCCc1noc(CNC2(CO)CC(C)CC(C)(C)C2)n1. The lowest BCUT2D eigenvalue weighted by Gasteiger charge is -2.47. The van der Waals surface area contributed by atoms with Crippen LogP contribution in [0.1, 0.15) is 65.1 Å². The van der Waals surface area contributed by atoms with E-state index >= 15 is 0 Å². The molecular formula is C16H29N3O2. The third kappa shape index (κ3) is 4.27. The third-order valence-corrected chi connectivity index (χ3v) is 4.36. The second-order valence-corrected chi connectivity index (χ2v) is 7.50. The maximum absolute atomic E-state index is 9.93. The van der Waals surface area contributed by atoms with Crippen molar-refractivity contribution in [1.82, 2.24) is 15.5 Å². The molecular weight excluding hydrogens is 266 g/mol. The summed E-state index contributed by atoms with van der Waals surface area (Å²) in [7, 11) is 0. The minimum absolute atomic E-state index is 0.150. The van der Waals surface area contributed by atoms with Crippen LogP contribution < -0.4 is 5.32 Å². The molecule has 2 rings (SSSR count). The van der Waals surface area contributed by atoms with Crippen molar-refractivity contribution in [3.05, 3.63) is 11.7 Å². The molecule has 1 heterocycles. The van der Waals surface area contributed by atoms with Gasteiger partial charge in [0.15, 0.2) is 5.82 Å². The Balaban J connectivity index is 2.00. The minimum atomic E-state index is -0.236. The van der Waals surface area contributed by atoms with Crippen LogP contribution in [0.5, 0.6) is 0 Å². The molecule has 1 aliphatic carbocycles. The van der Waals surface area contributed by atoms with E-state index in [9.17, 15) is 5.11 Å². The third-order valence-electron chi connectivity index (χ3n) is 4.36. The van der Waals surface area contributed by atoms with Gasteiger partial charge in [0, 0.05) is 12.0 Å². The van der Waals surface area contributed by atoms with Crippen LogP contribution >= 0.6 is 0 Å².